The fourth-order valence-corrected chi connectivity index (χ4v) is 3.56. The third kappa shape index (κ3) is 2.78. The van der Waals surface area contributed by atoms with Crippen LogP contribution in [0.4, 0.5) is 5.69 Å². The van der Waals surface area contributed by atoms with E-state index in [0.717, 1.165) is 25.1 Å². The largest absolute Gasteiger partial charge is 0.312 e. The quantitative estimate of drug-likeness (QED) is 0.837. The molecule has 0 fully saturated rings. The van der Waals surface area contributed by atoms with Crippen molar-refractivity contribution in [1.82, 2.24) is 0 Å². The Balaban J connectivity index is 1.74. The van der Waals surface area contributed by atoms with E-state index >= 15 is 0 Å². The standard InChI is InChI=1S/C17H19NOS/c1-13-11-14-5-2-3-7-16(14)18(12-13)17(19)9-8-15-6-4-10-20-15/h2-7,10,13H,8-9,11-12H2,1H3. The molecule has 1 unspecified atom stereocenters. The molecule has 2 aromatic rings. The van der Waals surface area contributed by atoms with E-state index in [0.29, 0.717) is 12.3 Å². The number of aryl methyl sites for hydroxylation is 1. The Kier molecular flexibility index (Phi) is 3.88. The summed E-state index contributed by atoms with van der Waals surface area (Å²) in [6.45, 7) is 3.07. The van der Waals surface area contributed by atoms with Crippen molar-refractivity contribution >= 4 is 22.9 Å². The molecule has 1 aliphatic heterocycles. The first-order valence-electron chi connectivity index (χ1n) is 7.14. The predicted octanol–water partition coefficient (Wildman–Crippen LogP) is 3.91. The summed E-state index contributed by atoms with van der Waals surface area (Å²) in [5.41, 5.74) is 2.41. The smallest absolute Gasteiger partial charge is 0.227 e. The highest BCUT2D eigenvalue weighted by Crippen LogP contribution is 2.30. The van der Waals surface area contributed by atoms with E-state index in [1.807, 2.05) is 17.0 Å². The fraction of sp³-hybridized carbons (Fsp3) is 0.353. The van der Waals surface area contributed by atoms with Crippen LogP contribution < -0.4 is 4.90 Å². The molecule has 20 heavy (non-hydrogen) atoms. The van der Waals surface area contributed by atoms with Crippen LogP contribution in [-0.2, 0) is 17.6 Å². The van der Waals surface area contributed by atoms with Gasteiger partial charge in [-0.15, -0.1) is 11.3 Å². The lowest BCUT2D eigenvalue weighted by atomic mass is 9.93. The molecule has 3 rings (SSSR count). The lowest BCUT2D eigenvalue weighted by molar-refractivity contribution is -0.118. The van der Waals surface area contributed by atoms with Gasteiger partial charge in [-0.25, -0.2) is 0 Å². The van der Waals surface area contributed by atoms with Crippen LogP contribution in [0.15, 0.2) is 41.8 Å². The number of amides is 1. The topological polar surface area (TPSA) is 20.3 Å². The van der Waals surface area contributed by atoms with Gasteiger partial charge < -0.3 is 4.90 Å². The van der Waals surface area contributed by atoms with E-state index in [-0.39, 0.29) is 5.91 Å². The van der Waals surface area contributed by atoms with Gasteiger partial charge in [-0.1, -0.05) is 31.2 Å². The molecule has 0 bridgehead atoms. The predicted molar refractivity (Wildman–Crippen MR) is 84.3 cm³/mol. The van der Waals surface area contributed by atoms with E-state index in [1.54, 1.807) is 11.3 Å². The summed E-state index contributed by atoms with van der Waals surface area (Å²) in [6.07, 6.45) is 2.52. The molecule has 1 aromatic heterocycles. The van der Waals surface area contributed by atoms with Gasteiger partial charge in [0.15, 0.2) is 0 Å². The molecule has 0 aliphatic carbocycles. The van der Waals surface area contributed by atoms with Gasteiger partial charge in [-0.3, -0.25) is 4.79 Å². The van der Waals surface area contributed by atoms with E-state index in [1.165, 1.54) is 10.4 Å². The lowest BCUT2D eigenvalue weighted by Crippen LogP contribution is -2.39. The maximum Gasteiger partial charge on any atom is 0.227 e. The Labute approximate surface area is 124 Å². The second-order valence-electron chi connectivity index (χ2n) is 5.52. The first kappa shape index (κ1) is 13.4. The van der Waals surface area contributed by atoms with Crippen LogP contribution in [0.1, 0.15) is 23.8 Å². The van der Waals surface area contributed by atoms with Crippen molar-refractivity contribution in [3.63, 3.8) is 0 Å². The number of nitrogens with zero attached hydrogens (tertiary/aromatic N) is 1. The molecule has 1 aromatic carbocycles. The van der Waals surface area contributed by atoms with Crippen LogP contribution in [0.5, 0.6) is 0 Å². The number of para-hydroxylation sites is 1. The highest BCUT2D eigenvalue weighted by molar-refractivity contribution is 7.09. The van der Waals surface area contributed by atoms with Crippen LogP contribution in [0.25, 0.3) is 0 Å². The van der Waals surface area contributed by atoms with E-state index in [9.17, 15) is 4.79 Å². The Hall–Kier alpha value is -1.61. The summed E-state index contributed by atoms with van der Waals surface area (Å²) in [5, 5.41) is 2.07. The molecule has 2 nitrogen and oxygen atoms in total. The number of rotatable bonds is 3. The van der Waals surface area contributed by atoms with Crippen molar-refractivity contribution in [2.75, 3.05) is 11.4 Å². The van der Waals surface area contributed by atoms with E-state index < -0.39 is 0 Å². The highest BCUT2D eigenvalue weighted by Gasteiger charge is 2.25. The molecule has 1 atom stereocenters. The van der Waals surface area contributed by atoms with Gasteiger partial charge in [0.25, 0.3) is 0 Å². The minimum Gasteiger partial charge on any atom is -0.312 e. The molecule has 0 spiro atoms. The number of hydrogen-bond donors (Lipinski definition) is 0. The second-order valence-corrected chi connectivity index (χ2v) is 6.55. The van der Waals surface area contributed by atoms with Gasteiger partial charge in [0, 0.05) is 23.5 Å². The van der Waals surface area contributed by atoms with Gasteiger partial charge in [0.1, 0.15) is 0 Å². The van der Waals surface area contributed by atoms with Gasteiger partial charge in [0.05, 0.1) is 0 Å². The van der Waals surface area contributed by atoms with Crippen LogP contribution in [-0.4, -0.2) is 12.5 Å². The minimum absolute atomic E-state index is 0.248. The first-order chi connectivity index (χ1) is 9.74. The minimum atomic E-state index is 0.248. The summed E-state index contributed by atoms with van der Waals surface area (Å²) in [6, 6.07) is 12.4. The van der Waals surface area contributed by atoms with Crippen LogP contribution in [0.2, 0.25) is 0 Å². The Morgan fingerprint density at radius 3 is 2.95 bits per heavy atom. The molecule has 0 radical (unpaired) electrons. The fourth-order valence-electron chi connectivity index (χ4n) is 2.85. The normalized spacial score (nSPS) is 17.9. The Morgan fingerprint density at radius 1 is 1.30 bits per heavy atom. The van der Waals surface area contributed by atoms with Crippen molar-refractivity contribution < 1.29 is 4.79 Å². The molecule has 1 aliphatic rings. The van der Waals surface area contributed by atoms with Gasteiger partial charge >= 0.3 is 0 Å². The molecule has 1 amide bonds. The summed E-state index contributed by atoms with van der Waals surface area (Å²) in [4.78, 5) is 15.8. The Morgan fingerprint density at radius 2 is 2.15 bits per heavy atom. The maximum absolute atomic E-state index is 12.5. The van der Waals surface area contributed by atoms with Gasteiger partial charge in [-0.2, -0.15) is 0 Å². The van der Waals surface area contributed by atoms with Gasteiger partial charge in [0.2, 0.25) is 5.91 Å². The average molecular weight is 285 g/mol. The number of thiophene rings is 1. The zero-order valence-corrected chi connectivity index (χ0v) is 12.5. The van der Waals surface area contributed by atoms with E-state index in [2.05, 4.69) is 36.6 Å². The SMILES string of the molecule is CC1Cc2ccccc2N(C(=O)CCc2cccs2)C1. The summed E-state index contributed by atoms with van der Waals surface area (Å²) < 4.78 is 0. The Bertz CT molecular complexity index is 591. The summed E-state index contributed by atoms with van der Waals surface area (Å²) in [5.74, 6) is 0.785. The van der Waals surface area contributed by atoms with Crippen LogP contribution >= 0.6 is 11.3 Å². The number of anilines is 1. The molecule has 0 saturated carbocycles. The maximum atomic E-state index is 12.5. The zero-order valence-electron chi connectivity index (χ0n) is 11.7. The average Bonchev–Trinajstić information content (AvgIpc) is 2.97. The first-order valence-corrected chi connectivity index (χ1v) is 8.02. The molecule has 2 heterocycles. The van der Waals surface area contributed by atoms with Crippen molar-refractivity contribution in [1.29, 1.82) is 0 Å². The van der Waals surface area contributed by atoms with Crippen molar-refractivity contribution in [2.45, 2.75) is 26.2 Å². The number of carbonyl (C=O) groups is 1. The van der Waals surface area contributed by atoms with Crippen LogP contribution in [0, 0.1) is 5.92 Å². The third-order valence-electron chi connectivity index (χ3n) is 3.81. The molecular weight excluding hydrogens is 266 g/mol. The summed E-state index contributed by atoms with van der Waals surface area (Å²) >= 11 is 1.73. The highest BCUT2D eigenvalue weighted by atomic mass is 32.1. The number of benzene rings is 1. The molecule has 104 valence electrons. The summed E-state index contributed by atoms with van der Waals surface area (Å²) in [7, 11) is 0. The third-order valence-corrected chi connectivity index (χ3v) is 4.75. The molecule has 3 heteroatoms. The van der Waals surface area contributed by atoms with Crippen molar-refractivity contribution in [3.8, 4) is 0 Å². The molecular formula is C17H19NOS. The van der Waals surface area contributed by atoms with E-state index in [4.69, 9.17) is 0 Å². The van der Waals surface area contributed by atoms with Crippen molar-refractivity contribution in [2.24, 2.45) is 5.92 Å². The molecule has 0 saturated heterocycles. The van der Waals surface area contributed by atoms with Crippen molar-refractivity contribution in [3.05, 3.63) is 52.2 Å². The number of hydrogen-bond acceptors (Lipinski definition) is 2. The zero-order chi connectivity index (χ0) is 13.9. The lowest BCUT2D eigenvalue weighted by Gasteiger charge is -2.33. The van der Waals surface area contributed by atoms with Crippen LogP contribution in [0.3, 0.4) is 0 Å². The molecule has 0 N–H and O–H groups in total. The second kappa shape index (κ2) is 5.80. The number of fused-ring (bicyclic) bond motifs is 1. The number of carbonyl (C=O) groups excluding carboxylic acids is 1. The van der Waals surface area contributed by atoms with Gasteiger partial charge in [-0.05, 0) is 41.8 Å². The monoisotopic (exact) mass is 285 g/mol.